The number of alkyl halides is 6. The first-order chi connectivity index (χ1) is 20.8. The molecule has 12 heteroatoms. The Bertz CT molecular complexity index is 1320. The lowest BCUT2D eigenvalue weighted by atomic mass is 9.82. The van der Waals surface area contributed by atoms with Crippen molar-refractivity contribution in [3.63, 3.8) is 0 Å². The molecule has 4 rings (SSSR count). The Morgan fingerprint density at radius 1 is 0.911 bits per heavy atom. The normalized spacial score (nSPS) is 23.7. The van der Waals surface area contributed by atoms with Crippen molar-refractivity contribution >= 4 is 11.8 Å². The number of carbonyl (C=O) groups excluding carboxylic acids is 2. The van der Waals surface area contributed by atoms with Gasteiger partial charge in [-0.1, -0.05) is 32.9 Å². The first-order valence-corrected chi connectivity index (χ1v) is 14.9. The molecule has 1 saturated heterocycles. The number of halogens is 7. The van der Waals surface area contributed by atoms with E-state index in [1.165, 1.54) is 12.1 Å². The number of benzene rings is 2. The van der Waals surface area contributed by atoms with Crippen LogP contribution in [-0.2, 0) is 31.4 Å². The second-order valence-corrected chi connectivity index (χ2v) is 13.1. The predicted octanol–water partition coefficient (Wildman–Crippen LogP) is 7.98. The van der Waals surface area contributed by atoms with Crippen molar-refractivity contribution in [2.75, 3.05) is 26.2 Å². The van der Waals surface area contributed by atoms with Crippen molar-refractivity contribution in [3.8, 4) is 0 Å². The van der Waals surface area contributed by atoms with Crippen molar-refractivity contribution in [1.29, 1.82) is 0 Å². The summed E-state index contributed by atoms with van der Waals surface area (Å²) in [7, 11) is 0. The molecule has 1 aliphatic heterocycles. The lowest BCUT2D eigenvalue weighted by Crippen LogP contribution is -2.34. The maximum atomic E-state index is 13.9. The minimum absolute atomic E-state index is 0.0347. The van der Waals surface area contributed by atoms with Gasteiger partial charge in [-0.2, -0.15) is 26.3 Å². The molecule has 2 aromatic carbocycles. The summed E-state index contributed by atoms with van der Waals surface area (Å²) >= 11 is 0. The molecule has 2 fully saturated rings. The van der Waals surface area contributed by atoms with Gasteiger partial charge in [0.2, 0.25) is 0 Å². The molecule has 0 bridgehead atoms. The summed E-state index contributed by atoms with van der Waals surface area (Å²) in [5.74, 6) is -1.63. The van der Waals surface area contributed by atoms with Gasteiger partial charge in [-0.25, -0.2) is 4.39 Å². The number of hydrogen-bond donors (Lipinski definition) is 0. The molecule has 2 aliphatic rings. The number of esters is 1. The fraction of sp³-hybridized carbons (Fsp3) is 0.576. The van der Waals surface area contributed by atoms with E-state index in [2.05, 4.69) is 4.90 Å². The number of hydrogen-bond acceptors (Lipinski definition) is 5. The van der Waals surface area contributed by atoms with Gasteiger partial charge in [0.15, 0.2) is 0 Å². The largest absolute Gasteiger partial charge is 0.463 e. The van der Waals surface area contributed by atoms with Gasteiger partial charge in [-0.15, -0.1) is 0 Å². The monoisotopic (exact) mass is 645 g/mol. The summed E-state index contributed by atoms with van der Waals surface area (Å²) < 4.78 is 107. The van der Waals surface area contributed by atoms with E-state index in [0.717, 1.165) is 6.92 Å². The van der Waals surface area contributed by atoms with Gasteiger partial charge in [0, 0.05) is 37.3 Å². The number of Topliss-reactive ketones (excluding diaryl/α,β-unsaturated/α-hetero) is 1. The highest BCUT2D eigenvalue weighted by Gasteiger charge is 2.43. The number of nitrogens with zero attached hydrogens (tertiary/aromatic N) is 1. The van der Waals surface area contributed by atoms with Crippen molar-refractivity contribution < 1.29 is 49.8 Å². The van der Waals surface area contributed by atoms with Crippen molar-refractivity contribution in [1.82, 2.24) is 4.90 Å². The zero-order chi connectivity index (χ0) is 33.3. The van der Waals surface area contributed by atoms with Gasteiger partial charge in [0.25, 0.3) is 0 Å². The molecule has 0 aromatic heterocycles. The fourth-order valence-corrected chi connectivity index (χ4v) is 6.51. The third-order valence-corrected chi connectivity index (χ3v) is 8.62. The minimum atomic E-state index is -5.07. The molecule has 1 saturated carbocycles. The van der Waals surface area contributed by atoms with Gasteiger partial charge < -0.3 is 14.4 Å². The van der Waals surface area contributed by atoms with Crippen LogP contribution in [0.5, 0.6) is 0 Å². The molecule has 2 aromatic rings. The van der Waals surface area contributed by atoms with Gasteiger partial charge in [-0.05, 0) is 73.2 Å². The molecule has 0 amide bonds. The zero-order valence-electron chi connectivity index (χ0n) is 25.6. The highest BCUT2D eigenvalue weighted by atomic mass is 19.4. The number of likely N-dealkylation sites (tertiary alicyclic amines) is 1. The molecule has 1 heterocycles. The SMILES string of the molecule is CC(=O)OC[C@@H](O[C@H]1CC[C@@H](CN2CC[C@@H](C(=O)C(C)(C)C)C2)[C@@H]1c1ccc(F)cc1)c1cc(C(F)(F)F)cc(C(F)(F)F)c1. The number of ketones is 1. The Balaban J connectivity index is 1.65. The number of rotatable bonds is 9. The molecule has 45 heavy (non-hydrogen) atoms. The number of carbonyl (C=O) groups is 2. The van der Waals surface area contributed by atoms with Gasteiger partial charge in [0.1, 0.15) is 24.3 Å². The van der Waals surface area contributed by atoms with E-state index in [1.54, 1.807) is 12.1 Å². The molecule has 0 N–H and O–H groups in total. The van der Waals surface area contributed by atoms with Gasteiger partial charge in [0.05, 0.1) is 17.2 Å². The molecule has 248 valence electrons. The second kappa shape index (κ2) is 13.4. The highest BCUT2D eigenvalue weighted by Crippen LogP contribution is 2.45. The van der Waals surface area contributed by atoms with Crippen LogP contribution in [0.2, 0.25) is 0 Å². The number of ether oxygens (including phenoxy) is 2. The van der Waals surface area contributed by atoms with Crippen LogP contribution in [0.3, 0.4) is 0 Å². The van der Waals surface area contributed by atoms with E-state index < -0.39 is 71.0 Å². The smallest absolute Gasteiger partial charge is 0.416 e. The molecule has 0 spiro atoms. The maximum Gasteiger partial charge on any atom is 0.416 e. The summed E-state index contributed by atoms with van der Waals surface area (Å²) in [5.41, 5.74) is -3.21. The average Bonchev–Trinajstić information content (AvgIpc) is 3.56. The van der Waals surface area contributed by atoms with Crippen LogP contribution >= 0.6 is 0 Å². The molecular formula is C33H38F7NO4. The molecule has 0 unspecified atom stereocenters. The Kier molecular flexibility index (Phi) is 10.4. The third-order valence-electron chi connectivity index (χ3n) is 8.62. The Morgan fingerprint density at radius 3 is 2.04 bits per heavy atom. The zero-order valence-corrected chi connectivity index (χ0v) is 25.6. The first-order valence-electron chi connectivity index (χ1n) is 14.9. The molecular weight excluding hydrogens is 607 g/mol. The standard InChI is InChI=1S/C33H38F7NO4/c1-19(42)44-18-28(23-13-24(32(35,36)37)15-25(14-23)33(38,39)40)45-27-10-7-21(29(27)20-5-8-26(34)9-6-20)16-41-12-11-22(17-41)30(43)31(2,3)4/h5-6,8-9,13-15,21-22,27-29H,7,10-12,16-18H2,1-4H3/t21-,22+,27-,28+,29-/m0/s1. The molecule has 5 atom stereocenters. The van der Waals surface area contributed by atoms with Crippen LogP contribution in [-0.4, -0.2) is 49.0 Å². The Labute approximate surface area is 258 Å². The topological polar surface area (TPSA) is 55.8 Å². The van der Waals surface area contributed by atoms with Crippen LogP contribution in [0, 0.1) is 23.1 Å². The van der Waals surface area contributed by atoms with Gasteiger partial charge in [-0.3, -0.25) is 9.59 Å². The molecule has 1 aliphatic carbocycles. The maximum absolute atomic E-state index is 13.9. The van der Waals surface area contributed by atoms with Crippen LogP contribution in [0.1, 0.15) is 81.2 Å². The van der Waals surface area contributed by atoms with Gasteiger partial charge >= 0.3 is 18.3 Å². The minimum Gasteiger partial charge on any atom is -0.463 e. The lowest BCUT2D eigenvalue weighted by Gasteiger charge is -2.31. The Morgan fingerprint density at radius 2 is 1.51 bits per heavy atom. The summed E-state index contributed by atoms with van der Waals surface area (Å²) in [6.07, 6.45) is -10.5. The van der Waals surface area contributed by atoms with E-state index in [1.807, 2.05) is 20.8 Å². The van der Waals surface area contributed by atoms with E-state index in [4.69, 9.17) is 9.47 Å². The van der Waals surface area contributed by atoms with Crippen LogP contribution in [0.4, 0.5) is 30.7 Å². The van der Waals surface area contributed by atoms with Crippen molar-refractivity contribution in [3.05, 3.63) is 70.5 Å². The summed E-state index contributed by atoms with van der Waals surface area (Å²) in [6, 6.07) is 6.96. The molecule has 5 nitrogen and oxygen atoms in total. The highest BCUT2D eigenvalue weighted by molar-refractivity contribution is 5.86. The predicted molar refractivity (Wildman–Crippen MR) is 152 cm³/mol. The van der Waals surface area contributed by atoms with Crippen LogP contribution in [0.25, 0.3) is 0 Å². The van der Waals surface area contributed by atoms with Crippen LogP contribution in [0.15, 0.2) is 42.5 Å². The quantitative estimate of drug-likeness (QED) is 0.205. The molecule has 0 radical (unpaired) electrons. The summed E-state index contributed by atoms with van der Waals surface area (Å²) in [5, 5.41) is 0. The van der Waals surface area contributed by atoms with Crippen molar-refractivity contribution in [2.45, 2.75) is 77.4 Å². The van der Waals surface area contributed by atoms with Crippen molar-refractivity contribution in [2.24, 2.45) is 17.3 Å². The van der Waals surface area contributed by atoms with Crippen LogP contribution < -0.4 is 0 Å². The second-order valence-electron chi connectivity index (χ2n) is 13.1. The lowest BCUT2D eigenvalue weighted by molar-refractivity contribution is -0.149. The Hall–Kier alpha value is -2.99. The van der Waals surface area contributed by atoms with E-state index >= 15 is 0 Å². The first kappa shape index (κ1) is 34.9. The fourth-order valence-electron chi connectivity index (χ4n) is 6.51. The van der Waals surface area contributed by atoms with E-state index in [9.17, 15) is 40.3 Å². The average molecular weight is 646 g/mol. The summed E-state index contributed by atoms with van der Waals surface area (Å²) in [6.45, 7) is 7.98. The third kappa shape index (κ3) is 8.84. The van der Waals surface area contributed by atoms with E-state index in [-0.39, 0.29) is 23.7 Å². The summed E-state index contributed by atoms with van der Waals surface area (Å²) in [4.78, 5) is 26.8. The van der Waals surface area contributed by atoms with E-state index in [0.29, 0.717) is 56.6 Å².